The summed E-state index contributed by atoms with van der Waals surface area (Å²) in [5.41, 5.74) is 8.99. The molecule has 0 bridgehead atoms. The van der Waals surface area contributed by atoms with Crippen LogP contribution in [0, 0.1) is 0 Å². The molecular formula is C14H11N7O. The maximum atomic E-state index is 5.81. The Morgan fingerprint density at radius 3 is 2.68 bits per heavy atom. The first kappa shape index (κ1) is 12.5. The van der Waals surface area contributed by atoms with E-state index in [1.165, 1.54) is 6.33 Å². The third kappa shape index (κ3) is 1.97. The van der Waals surface area contributed by atoms with E-state index in [4.69, 9.17) is 10.4 Å². The minimum atomic E-state index is 0.209. The van der Waals surface area contributed by atoms with Gasteiger partial charge in [0.05, 0.1) is 17.6 Å². The van der Waals surface area contributed by atoms with E-state index in [1.807, 2.05) is 28.8 Å². The standard InChI is InChI=1S/C14H11N7O/c15-13-12(19-22-20-13)14-18-10-3-1-2-4-11(10)21(14)7-9-5-16-8-17-6-9/h1-6,8H,7H2,(H2,15,20). The van der Waals surface area contributed by atoms with Gasteiger partial charge in [-0.25, -0.2) is 19.6 Å². The van der Waals surface area contributed by atoms with E-state index in [2.05, 4.69) is 25.3 Å². The highest BCUT2D eigenvalue weighted by molar-refractivity contribution is 5.81. The van der Waals surface area contributed by atoms with Gasteiger partial charge in [0.1, 0.15) is 6.33 Å². The van der Waals surface area contributed by atoms with Gasteiger partial charge in [0.2, 0.25) is 0 Å². The Morgan fingerprint density at radius 2 is 1.91 bits per heavy atom. The molecule has 3 heterocycles. The van der Waals surface area contributed by atoms with Gasteiger partial charge in [0.25, 0.3) is 0 Å². The van der Waals surface area contributed by atoms with E-state index in [0.717, 1.165) is 16.6 Å². The maximum absolute atomic E-state index is 5.81. The van der Waals surface area contributed by atoms with Gasteiger partial charge in [0, 0.05) is 18.0 Å². The third-order valence-corrected chi connectivity index (χ3v) is 3.33. The van der Waals surface area contributed by atoms with Crippen LogP contribution in [0.2, 0.25) is 0 Å². The van der Waals surface area contributed by atoms with Crippen LogP contribution in [0.15, 0.2) is 47.6 Å². The van der Waals surface area contributed by atoms with Gasteiger partial charge in [-0.2, -0.15) is 0 Å². The molecule has 0 aliphatic rings. The fraction of sp³-hybridized carbons (Fsp3) is 0.0714. The van der Waals surface area contributed by atoms with Gasteiger partial charge in [-0.15, -0.1) is 0 Å². The van der Waals surface area contributed by atoms with Crippen LogP contribution in [0.5, 0.6) is 0 Å². The Labute approximate surface area is 124 Å². The first-order chi connectivity index (χ1) is 10.8. The molecule has 0 aliphatic heterocycles. The van der Waals surface area contributed by atoms with Crippen LogP contribution in [-0.2, 0) is 6.54 Å². The number of hydrogen-bond donors (Lipinski definition) is 1. The molecule has 2 N–H and O–H groups in total. The normalized spacial score (nSPS) is 11.1. The van der Waals surface area contributed by atoms with Crippen molar-refractivity contribution >= 4 is 16.9 Å². The van der Waals surface area contributed by atoms with Crippen molar-refractivity contribution in [3.05, 3.63) is 48.5 Å². The van der Waals surface area contributed by atoms with Gasteiger partial charge >= 0.3 is 0 Å². The summed E-state index contributed by atoms with van der Waals surface area (Å²) in [6, 6.07) is 7.80. The molecule has 3 aromatic heterocycles. The summed E-state index contributed by atoms with van der Waals surface area (Å²) in [5.74, 6) is 0.810. The van der Waals surface area contributed by atoms with Gasteiger partial charge in [-0.1, -0.05) is 12.1 Å². The fourth-order valence-electron chi connectivity index (χ4n) is 2.36. The topological polar surface area (TPSA) is 109 Å². The Morgan fingerprint density at radius 1 is 1.09 bits per heavy atom. The molecule has 0 aliphatic carbocycles. The van der Waals surface area contributed by atoms with E-state index in [-0.39, 0.29) is 5.82 Å². The maximum Gasteiger partial charge on any atom is 0.199 e. The smallest absolute Gasteiger partial charge is 0.199 e. The molecule has 0 amide bonds. The summed E-state index contributed by atoms with van der Waals surface area (Å²) >= 11 is 0. The minimum Gasteiger partial charge on any atom is -0.379 e. The van der Waals surface area contributed by atoms with Crippen LogP contribution in [0.3, 0.4) is 0 Å². The van der Waals surface area contributed by atoms with Crippen molar-refractivity contribution in [1.82, 2.24) is 29.8 Å². The Kier molecular flexibility index (Phi) is 2.78. The molecule has 1 aromatic carbocycles. The van der Waals surface area contributed by atoms with Crippen molar-refractivity contribution in [1.29, 1.82) is 0 Å². The van der Waals surface area contributed by atoms with Crippen LogP contribution in [0.4, 0.5) is 5.82 Å². The zero-order valence-corrected chi connectivity index (χ0v) is 11.4. The van der Waals surface area contributed by atoms with E-state index >= 15 is 0 Å². The predicted octanol–water partition coefficient (Wildman–Crippen LogP) is 1.51. The summed E-state index contributed by atoms with van der Waals surface area (Å²) in [5, 5.41) is 7.48. The van der Waals surface area contributed by atoms with Gasteiger partial charge < -0.3 is 10.3 Å². The van der Waals surface area contributed by atoms with Crippen molar-refractivity contribution in [2.45, 2.75) is 6.54 Å². The second-order valence-electron chi connectivity index (χ2n) is 4.76. The number of anilines is 1. The van der Waals surface area contributed by atoms with Crippen LogP contribution < -0.4 is 5.73 Å². The van der Waals surface area contributed by atoms with Gasteiger partial charge in [0.15, 0.2) is 17.3 Å². The molecule has 0 unspecified atom stereocenters. The van der Waals surface area contributed by atoms with Crippen LogP contribution in [0.1, 0.15) is 5.56 Å². The molecule has 0 saturated heterocycles. The van der Waals surface area contributed by atoms with E-state index in [0.29, 0.717) is 18.1 Å². The summed E-state index contributed by atoms with van der Waals surface area (Å²) in [4.78, 5) is 12.7. The molecule has 108 valence electrons. The molecule has 22 heavy (non-hydrogen) atoms. The highest BCUT2D eigenvalue weighted by Crippen LogP contribution is 2.27. The number of hydrogen-bond acceptors (Lipinski definition) is 7. The van der Waals surface area contributed by atoms with Crippen molar-refractivity contribution < 1.29 is 4.63 Å². The molecule has 0 radical (unpaired) electrons. The number of nitrogens with zero attached hydrogens (tertiary/aromatic N) is 6. The summed E-state index contributed by atoms with van der Waals surface area (Å²) in [6.45, 7) is 0.545. The second-order valence-corrected chi connectivity index (χ2v) is 4.76. The van der Waals surface area contributed by atoms with Crippen molar-refractivity contribution in [3.8, 4) is 11.5 Å². The zero-order valence-electron chi connectivity index (χ0n) is 11.4. The lowest BCUT2D eigenvalue weighted by Gasteiger charge is -2.07. The summed E-state index contributed by atoms with van der Waals surface area (Å²) in [6.07, 6.45) is 5.02. The first-order valence-electron chi connectivity index (χ1n) is 6.60. The molecular weight excluding hydrogens is 282 g/mol. The average Bonchev–Trinajstić information content (AvgIpc) is 3.12. The lowest BCUT2D eigenvalue weighted by atomic mass is 10.3. The second kappa shape index (κ2) is 4.92. The molecule has 0 spiro atoms. The predicted molar refractivity (Wildman–Crippen MR) is 78.6 cm³/mol. The largest absolute Gasteiger partial charge is 0.379 e. The quantitative estimate of drug-likeness (QED) is 0.609. The first-order valence-corrected chi connectivity index (χ1v) is 6.60. The van der Waals surface area contributed by atoms with E-state index in [1.54, 1.807) is 12.4 Å². The van der Waals surface area contributed by atoms with Crippen LogP contribution in [0.25, 0.3) is 22.6 Å². The third-order valence-electron chi connectivity index (χ3n) is 3.33. The van der Waals surface area contributed by atoms with Crippen molar-refractivity contribution in [2.75, 3.05) is 5.73 Å². The number of imidazole rings is 1. The van der Waals surface area contributed by atoms with E-state index < -0.39 is 0 Å². The molecule has 8 nitrogen and oxygen atoms in total. The fourth-order valence-corrected chi connectivity index (χ4v) is 2.36. The molecule has 8 heteroatoms. The Bertz CT molecular complexity index is 929. The molecule has 0 fully saturated rings. The van der Waals surface area contributed by atoms with Crippen molar-refractivity contribution in [2.24, 2.45) is 0 Å². The number of para-hydroxylation sites is 2. The minimum absolute atomic E-state index is 0.209. The highest BCUT2D eigenvalue weighted by atomic mass is 16.6. The summed E-state index contributed by atoms with van der Waals surface area (Å²) in [7, 11) is 0. The Balaban J connectivity index is 1.93. The van der Waals surface area contributed by atoms with Crippen LogP contribution in [-0.4, -0.2) is 29.8 Å². The van der Waals surface area contributed by atoms with Gasteiger partial charge in [-0.3, -0.25) is 0 Å². The Hall–Kier alpha value is -3.29. The number of benzene rings is 1. The number of nitrogens with two attached hydrogens (primary N) is 1. The van der Waals surface area contributed by atoms with Crippen LogP contribution >= 0.6 is 0 Å². The number of rotatable bonds is 3. The lowest BCUT2D eigenvalue weighted by Crippen LogP contribution is -2.04. The molecule has 4 rings (SSSR count). The molecule has 4 aromatic rings. The highest BCUT2D eigenvalue weighted by Gasteiger charge is 2.19. The number of fused-ring (bicyclic) bond motifs is 1. The molecule has 0 saturated carbocycles. The zero-order chi connectivity index (χ0) is 14.9. The summed E-state index contributed by atoms with van der Waals surface area (Å²) < 4.78 is 6.69. The monoisotopic (exact) mass is 293 g/mol. The number of nitrogen functional groups attached to an aromatic ring is 1. The van der Waals surface area contributed by atoms with Gasteiger partial charge in [-0.05, 0) is 22.4 Å². The molecule has 0 atom stereocenters. The van der Waals surface area contributed by atoms with Crippen molar-refractivity contribution in [3.63, 3.8) is 0 Å². The average molecular weight is 293 g/mol. The lowest BCUT2D eigenvalue weighted by molar-refractivity contribution is 0.310. The SMILES string of the molecule is Nc1nonc1-c1nc2ccccc2n1Cc1cncnc1. The number of aromatic nitrogens is 6. The van der Waals surface area contributed by atoms with E-state index in [9.17, 15) is 0 Å².